The average molecular weight is 252 g/mol. The van der Waals surface area contributed by atoms with Crippen LogP contribution in [0.25, 0.3) is 0 Å². The molecule has 1 atom stereocenters. The van der Waals surface area contributed by atoms with E-state index in [1.165, 1.54) is 51.6 Å². The van der Waals surface area contributed by atoms with Gasteiger partial charge in [-0.15, -0.1) is 0 Å². The summed E-state index contributed by atoms with van der Waals surface area (Å²) < 4.78 is 0. The Balaban J connectivity index is 2.09. The fraction of sp³-hybridized carbons (Fsp3) is 1.00. The Labute approximate surface area is 114 Å². The van der Waals surface area contributed by atoms with E-state index in [0.29, 0.717) is 17.0 Å². The van der Waals surface area contributed by atoms with Crippen molar-refractivity contribution in [1.82, 2.24) is 9.80 Å². The van der Waals surface area contributed by atoms with Crippen molar-refractivity contribution in [1.29, 1.82) is 0 Å². The first-order valence-corrected chi connectivity index (χ1v) is 7.76. The monoisotopic (exact) mass is 252 g/mol. The fourth-order valence-corrected chi connectivity index (χ4v) is 3.83. The molecule has 106 valence electrons. The molecule has 18 heavy (non-hydrogen) atoms. The number of piperidine rings is 1. The SMILES string of the molecule is CC(CN1CC(C)(C)CCC12CCCC2)N(C)C. The van der Waals surface area contributed by atoms with Crippen LogP contribution in [-0.2, 0) is 0 Å². The van der Waals surface area contributed by atoms with Crippen molar-refractivity contribution >= 4 is 0 Å². The maximum absolute atomic E-state index is 2.86. The molecule has 0 aromatic carbocycles. The molecule has 2 fully saturated rings. The first-order chi connectivity index (χ1) is 8.35. The van der Waals surface area contributed by atoms with Gasteiger partial charge < -0.3 is 4.90 Å². The van der Waals surface area contributed by atoms with Gasteiger partial charge in [-0.1, -0.05) is 26.7 Å². The standard InChI is InChI=1S/C16H32N2/c1-14(17(4)5)12-18-13-15(2,3)10-11-16(18)8-6-7-9-16/h14H,6-13H2,1-5H3. The molecule has 1 saturated heterocycles. The van der Waals surface area contributed by atoms with E-state index in [2.05, 4.69) is 44.7 Å². The van der Waals surface area contributed by atoms with Gasteiger partial charge in [-0.05, 0) is 52.1 Å². The summed E-state index contributed by atoms with van der Waals surface area (Å²) in [7, 11) is 4.42. The van der Waals surface area contributed by atoms with Crippen LogP contribution in [0.2, 0.25) is 0 Å². The highest BCUT2D eigenvalue weighted by molar-refractivity contribution is 5.01. The second kappa shape index (κ2) is 5.13. The van der Waals surface area contributed by atoms with Crippen molar-refractivity contribution in [3.8, 4) is 0 Å². The lowest BCUT2D eigenvalue weighted by Gasteiger charge is -2.52. The molecule has 0 aromatic heterocycles. The van der Waals surface area contributed by atoms with Crippen LogP contribution in [0.4, 0.5) is 0 Å². The van der Waals surface area contributed by atoms with E-state index < -0.39 is 0 Å². The predicted molar refractivity (Wildman–Crippen MR) is 78.9 cm³/mol. The first-order valence-electron chi connectivity index (χ1n) is 7.76. The number of likely N-dealkylation sites (N-methyl/N-ethyl adjacent to an activating group) is 1. The minimum atomic E-state index is 0.514. The van der Waals surface area contributed by atoms with Gasteiger partial charge in [0.1, 0.15) is 0 Å². The van der Waals surface area contributed by atoms with Gasteiger partial charge in [-0.3, -0.25) is 4.90 Å². The molecular formula is C16H32N2. The minimum absolute atomic E-state index is 0.514. The van der Waals surface area contributed by atoms with E-state index in [-0.39, 0.29) is 0 Å². The second-order valence-corrected chi connectivity index (χ2v) is 7.79. The summed E-state index contributed by atoms with van der Waals surface area (Å²) in [5.74, 6) is 0. The third-order valence-corrected chi connectivity index (χ3v) is 5.46. The quantitative estimate of drug-likeness (QED) is 0.760. The molecule has 0 aromatic rings. The molecule has 1 aliphatic carbocycles. The van der Waals surface area contributed by atoms with Crippen molar-refractivity contribution < 1.29 is 0 Å². The summed E-state index contributed by atoms with van der Waals surface area (Å²) >= 11 is 0. The molecule has 1 unspecified atom stereocenters. The third-order valence-electron chi connectivity index (χ3n) is 5.46. The van der Waals surface area contributed by atoms with Crippen LogP contribution < -0.4 is 0 Å². The van der Waals surface area contributed by atoms with Gasteiger partial charge in [0, 0.05) is 24.7 Å². The number of hydrogen-bond acceptors (Lipinski definition) is 2. The Kier molecular flexibility index (Phi) is 4.08. The van der Waals surface area contributed by atoms with Gasteiger partial charge in [0.2, 0.25) is 0 Å². The molecule has 2 rings (SSSR count). The number of likely N-dealkylation sites (tertiary alicyclic amines) is 1. The highest BCUT2D eigenvalue weighted by Gasteiger charge is 2.45. The average Bonchev–Trinajstić information content (AvgIpc) is 2.73. The van der Waals surface area contributed by atoms with Gasteiger partial charge in [0.05, 0.1) is 0 Å². The first kappa shape index (κ1) is 14.3. The largest absolute Gasteiger partial charge is 0.305 e. The molecule has 0 bridgehead atoms. The van der Waals surface area contributed by atoms with Gasteiger partial charge in [-0.25, -0.2) is 0 Å². The van der Waals surface area contributed by atoms with E-state index in [4.69, 9.17) is 0 Å². The Bertz CT molecular complexity index is 277. The summed E-state index contributed by atoms with van der Waals surface area (Å²) in [6, 6.07) is 0.663. The number of nitrogens with zero attached hydrogens (tertiary/aromatic N) is 2. The molecule has 1 saturated carbocycles. The predicted octanol–water partition coefficient (Wildman–Crippen LogP) is 3.37. The highest BCUT2D eigenvalue weighted by Crippen LogP contribution is 2.46. The zero-order valence-corrected chi connectivity index (χ0v) is 13.1. The molecule has 2 nitrogen and oxygen atoms in total. The lowest BCUT2D eigenvalue weighted by molar-refractivity contribution is -0.0197. The van der Waals surface area contributed by atoms with E-state index in [9.17, 15) is 0 Å². The molecule has 2 heteroatoms. The van der Waals surface area contributed by atoms with Crippen LogP contribution in [0, 0.1) is 5.41 Å². The van der Waals surface area contributed by atoms with Crippen molar-refractivity contribution in [2.75, 3.05) is 27.2 Å². The smallest absolute Gasteiger partial charge is 0.0210 e. The Morgan fingerprint density at radius 2 is 1.67 bits per heavy atom. The zero-order valence-electron chi connectivity index (χ0n) is 13.1. The minimum Gasteiger partial charge on any atom is -0.305 e. The molecule has 1 aliphatic heterocycles. The normalized spacial score (nSPS) is 29.0. The second-order valence-electron chi connectivity index (χ2n) is 7.79. The van der Waals surface area contributed by atoms with E-state index >= 15 is 0 Å². The molecule has 0 amide bonds. The lowest BCUT2D eigenvalue weighted by atomic mass is 9.74. The van der Waals surface area contributed by atoms with Crippen LogP contribution in [0.5, 0.6) is 0 Å². The summed E-state index contributed by atoms with van der Waals surface area (Å²) in [5, 5.41) is 0. The van der Waals surface area contributed by atoms with Crippen LogP contribution in [0.1, 0.15) is 59.3 Å². The fourth-order valence-electron chi connectivity index (χ4n) is 3.83. The van der Waals surface area contributed by atoms with Crippen molar-refractivity contribution in [3.63, 3.8) is 0 Å². The number of hydrogen-bond donors (Lipinski definition) is 0. The maximum Gasteiger partial charge on any atom is 0.0210 e. The topological polar surface area (TPSA) is 6.48 Å². The van der Waals surface area contributed by atoms with Gasteiger partial charge in [-0.2, -0.15) is 0 Å². The van der Waals surface area contributed by atoms with Crippen molar-refractivity contribution in [3.05, 3.63) is 0 Å². The maximum atomic E-state index is 2.86. The molecule has 1 heterocycles. The van der Waals surface area contributed by atoms with E-state index in [1.54, 1.807) is 0 Å². The van der Waals surface area contributed by atoms with Gasteiger partial charge >= 0.3 is 0 Å². The third kappa shape index (κ3) is 2.91. The van der Waals surface area contributed by atoms with Crippen molar-refractivity contribution in [2.45, 2.75) is 70.9 Å². The molecule has 2 aliphatic rings. The Morgan fingerprint density at radius 1 is 1.06 bits per heavy atom. The lowest BCUT2D eigenvalue weighted by Crippen LogP contribution is -2.57. The summed E-state index contributed by atoms with van der Waals surface area (Å²) in [4.78, 5) is 5.22. The molecular weight excluding hydrogens is 220 g/mol. The Hall–Kier alpha value is -0.0800. The van der Waals surface area contributed by atoms with Crippen LogP contribution >= 0.6 is 0 Å². The summed E-state index contributed by atoms with van der Waals surface area (Å²) in [5.41, 5.74) is 1.08. The number of rotatable bonds is 3. The highest BCUT2D eigenvalue weighted by atomic mass is 15.3. The summed E-state index contributed by atoms with van der Waals surface area (Å²) in [6.07, 6.45) is 8.65. The Morgan fingerprint density at radius 3 is 2.22 bits per heavy atom. The van der Waals surface area contributed by atoms with Gasteiger partial charge in [0.15, 0.2) is 0 Å². The zero-order chi connectivity index (χ0) is 13.4. The van der Waals surface area contributed by atoms with Gasteiger partial charge in [0.25, 0.3) is 0 Å². The van der Waals surface area contributed by atoms with E-state index in [1.807, 2.05) is 0 Å². The van der Waals surface area contributed by atoms with Crippen LogP contribution in [-0.4, -0.2) is 48.6 Å². The van der Waals surface area contributed by atoms with Crippen molar-refractivity contribution in [2.24, 2.45) is 5.41 Å². The van der Waals surface area contributed by atoms with Crippen LogP contribution in [0.3, 0.4) is 0 Å². The molecule has 1 spiro atoms. The molecule has 0 N–H and O–H groups in total. The molecule has 0 radical (unpaired) electrons. The van der Waals surface area contributed by atoms with Crippen LogP contribution in [0.15, 0.2) is 0 Å². The summed E-state index contributed by atoms with van der Waals surface area (Å²) in [6.45, 7) is 9.80. The van der Waals surface area contributed by atoms with E-state index in [0.717, 1.165) is 0 Å².